The van der Waals surface area contributed by atoms with Gasteiger partial charge in [0.2, 0.25) is 0 Å². The summed E-state index contributed by atoms with van der Waals surface area (Å²) in [4.78, 5) is 16.8. The van der Waals surface area contributed by atoms with Crippen LogP contribution in [0.25, 0.3) is 5.82 Å². The number of amides is 1. The van der Waals surface area contributed by atoms with Crippen LogP contribution in [0.5, 0.6) is 0 Å². The van der Waals surface area contributed by atoms with Crippen molar-refractivity contribution in [2.24, 2.45) is 23.2 Å². The molecule has 4 aliphatic carbocycles. The lowest BCUT2D eigenvalue weighted by molar-refractivity contribution is -0.118. The lowest BCUT2D eigenvalue weighted by Crippen LogP contribution is -2.54. The van der Waals surface area contributed by atoms with E-state index in [-0.39, 0.29) is 11.3 Å². The Morgan fingerprint density at radius 2 is 1.78 bits per heavy atom. The highest BCUT2D eigenvalue weighted by Crippen LogP contribution is 2.61. The predicted octanol–water partition coefficient (Wildman–Crippen LogP) is 1.97. The van der Waals surface area contributed by atoms with Gasteiger partial charge in [-0.25, -0.2) is 4.98 Å². The Morgan fingerprint density at radius 3 is 2.33 bits per heavy atom. The highest BCUT2D eigenvalue weighted by molar-refractivity contribution is 5.93. The van der Waals surface area contributed by atoms with E-state index in [1.54, 1.807) is 35.6 Å². The molecule has 1 atom stereocenters. The third kappa shape index (κ3) is 3.04. The third-order valence-electron chi connectivity index (χ3n) is 6.94. The lowest BCUT2D eigenvalue weighted by atomic mass is 9.48. The molecule has 2 heterocycles. The molecule has 0 radical (unpaired) electrons. The molecule has 7 nitrogen and oxygen atoms in total. The van der Waals surface area contributed by atoms with E-state index < -0.39 is 6.10 Å². The minimum atomic E-state index is -0.459. The van der Waals surface area contributed by atoms with Crippen LogP contribution in [0.2, 0.25) is 0 Å². The quantitative estimate of drug-likeness (QED) is 0.843. The summed E-state index contributed by atoms with van der Waals surface area (Å²) >= 11 is 0. The van der Waals surface area contributed by atoms with Crippen molar-refractivity contribution in [2.45, 2.75) is 44.6 Å². The SMILES string of the molecule is O=C(NC[C@@H](O)C12CC3CC(CC(C3)C1)C2)c1ccc(-n2cnnc2)nc1. The molecule has 4 saturated carbocycles. The van der Waals surface area contributed by atoms with Gasteiger partial charge in [0.15, 0.2) is 0 Å². The summed E-state index contributed by atoms with van der Waals surface area (Å²) in [5.74, 6) is 2.83. The first-order valence-electron chi connectivity index (χ1n) is 9.89. The fraction of sp³-hybridized carbons (Fsp3) is 0.600. The second kappa shape index (κ2) is 6.41. The van der Waals surface area contributed by atoms with Crippen molar-refractivity contribution in [3.63, 3.8) is 0 Å². The van der Waals surface area contributed by atoms with E-state index in [4.69, 9.17) is 0 Å². The first-order chi connectivity index (χ1) is 13.1. The van der Waals surface area contributed by atoms with Crippen molar-refractivity contribution in [1.82, 2.24) is 25.1 Å². The first-order valence-corrected chi connectivity index (χ1v) is 9.89. The number of rotatable bonds is 5. The van der Waals surface area contributed by atoms with Gasteiger partial charge in [0.25, 0.3) is 5.91 Å². The van der Waals surface area contributed by atoms with Crippen molar-refractivity contribution in [3.05, 3.63) is 36.5 Å². The van der Waals surface area contributed by atoms with Crippen LogP contribution in [-0.4, -0.2) is 43.4 Å². The van der Waals surface area contributed by atoms with Gasteiger partial charge >= 0.3 is 0 Å². The average molecular weight is 367 g/mol. The van der Waals surface area contributed by atoms with Crippen LogP contribution in [0.1, 0.15) is 48.9 Å². The fourth-order valence-electron chi connectivity index (χ4n) is 6.09. The predicted molar refractivity (Wildman–Crippen MR) is 98.1 cm³/mol. The number of carbonyl (C=O) groups is 1. The molecule has 142 valence electrons. The van der Waals surface area contributed by atoms with E-state index in [2.05, 4.69) is 20.5 Å². The van der Waals surface area contributed by atoms with E-state index in [0.717, 1.165) is 37.0 Å². The zero-order chi connectivity index (χ0) is 18.4. The summed E-state index contributed by atoms with van der Waals surface area (Å²) in [7, 11) is 0. The van der Waals surface area contributed by atoms with Crippen molar-refractivity contribution >= 4 is 5.91 Å². The summed E-state index contributed by atoms with van der Waals surface area (Å²) in [5.41, 5.74) is 0.517. The number of aliphatic hydroxyl groups excluding tert-OH is 1. The monoisotopic (exact) mass is 367 g/mol. The summed E-state index contributed by atoms with van der Waals surface area (Å²) in [6.07, 6.45) is 11.6. The van der Waals surface area contributed by atoms with E-state index in [0.29, 0.717) is 17.9 Å². The molecule has 4 aliphatic rings. The Kier molecular flexibility index (Phi) is 4.00. The molecule has 0 aliphatic heterocycles. The van der Waals surface area contributed by atoms with Crippen molar-refractivity contribution in [3.8, 4) is 5.82 Å². The van der Waals surface area contributed by atoms with Crippen LogP contribution < -0.4 is 5.32 Å². The summed E-state index contributed by atoms with van der Waals surface area (Å²) in [5, 5.41) is 21.3. The highest BCUT2D eigenvalue weighted by atomic mass is 16.3. The molecule has 27 heavy (non-hydrogen) atoms. The maximum atomic E-state index is 12.5. The number of pyridine rings is 1. The summed E-state index contributed by atoms with van der Waals surface area (Å²) < 4.78 is 1.68. The highest BCUT2D eigenvalue weighted by Gasteiger charge is 2.53. The molecular formula is C20H25N5O2. The van der Waals surface area contributed by atoms with Crippen LogP contribution in [0.3, 0.4) is 0 Å². The lowest BCUT2D eigenvalue weighted by Gasteiger charge is -2.58. The molecular weight excluding hydrogens is 342 g/mol. The Balaban J connectivity index is 1.22. The van der Waals surface area contributed by atoms with Gasteiger partial charge in [-0.1, -0.05) is 0 Å². The number of nitrogens with zero attached hydrogens (tertiary/aromatic N) is 4. The van der Waals surface area contributed by atoms with Gasteiger partial charge in [-0.3, -0.25) is 9.36 Å². The zero-order valence-corrected chi connectivity index (χ0v) is 15.3. The molecule has 2 N–H and O–H groups in total. The van der Waals surface area contributed by atoms with E-state index in [1.165, 1.54) is 19.3 Å². The van der Waals surface area contributed by atoms with Crippen LogP contribution in [0, 0.1) is 23.2 Å². The van der Waals surface area contributed by atoms with Crippen molar-refractivity contribution in [2.75, 3.05) is 6.54 Å². The van der Waals surface area contributed by atoms with E-state index in [1.807, 2.05) is 0 Å². The number of nitrogens with one attached hydrogen (secondary N) is 1. The molecule has 1 amide bonds. The van der Waals surface area contributed by atoms with Crippen molar-refractivity contribution in [1.29, 1.82) is 0 Å². The maximum Gasteiger partial charge on any atom is 0.252 e. The van der Waals surface area contributed by atoms with Gasteiger partial charge in [0, 0.05) is 12.7 Å². The Hall–Kier alpha value is -2.28. The fourth-order valence-corrected chi connectivity index (χ4v) is 6.09. The molecule has 7 heteroatoms. The van der Waals surface area contributed by atoms with E-state index in [9.17, 15) is 9.90 Å². The topological polar surface area (TPSA) is 92.9 Å². The van der Waals surface area contributed by atoms with Crippen LogP contribution in [-0.2, 0) is 0 Å². The van der Waals surface area contributed by atoms with Gasteiger partial charge in [-0.15, -0.1) is 10.2 Å². The first kappa shape index (κ1) is 16.9. The zero-order valence-electron chi connectivity index (χ0n) is 15.3. The smallest absolute Gasteiger partial charge is 0.252 e. The Labute approximate surface area is 158 Å². The normalized spacial score (nSPS) is 32.4. The summed E-state index contributed by atoms with van der Waals surface area (Å²) in [6, 6.07) is 3.49. The maximum absolute atomic E-state index is 12.5. The van der Waals surface area contributed by atoms with Crippen LogP contribution >= 0.6 is 0 Å². The third-order valence-corrected chi connectivity index (χ3v) is 6.94. The van der Waals surface area contributed by atoms with Crippen LogP contribution in [0.15, 0.2) is 31.0 Å². The molecule has 0 aromatic carbocycles. The Morgan fingerprint density at radius 1 is 1.15 bits per heavy atom. The average Bonchev–Trinajstić information content (AvgIpc) is 3.19. The largest absolute Gasteiger partial charge is 0.391 e. The molecule has 0 saturated heterocycles. The van der Waals surface area contributed by atoms with Gasteiger partial charge < -0.3 is 10.4 Å². The molecule has 0 unspecified atom stereocenters. The second-order valence-electron chi connectivity index (χ2n) is 8.78. The number of aromatic nitrogens is 4. The standard InChI is InChI=1S/C20H25N5O2/c26-17(20-6-13-3-14(7-20)5-15(4-13)8-20)10-22-19(27)16-1-2-18(21-9-16)25-11-23-24-12-25/h1-2,9,11-15,17,26H,3-8,10H2,(H,22,27)/t13?,14?,15?,17-,20?/m1/s1. The molecule has 2 aromatic heterocycles. The van der Waals surface area contributed by atoms with Gasteiger partial charge in [-0.05, 0) is 73.8 Å². The van der Waals surface area contributed by atoms with Crippen LogP contribution in [0.4, 0.5) is 0 Å². The van der Waals surface area contributed by atoms with Crippen molar-refractivity contribution < 1.29 is 9.90 Å². The molecule has 0 spiro atoms. The minimum Gasteiger partial charge on any atom is -0.391 e. The number of aliphatic hydroxyl groups is 1. The number of hydrogen-bond donors (Lipinski definition) is 2. The minimum absolute atomic E-state index is 0.0263. The number of hydrogen-bond acceptors (Lipinski definition) is 5. The molecule has 4 bridgehead atoms. The Bertz CT molecular complexity index is 782. The molecule has 6 rings (SSSR count). The molecule has 2 aromatic rings. The summed E-state index contributed by atoms with van der Waals surface area (Å²) in [6.45, 7) is 0.318. The second-order valence-corrected chi connectivity index (χ2v) is 8.78. The van der Waals surface area contributed by atoms with Gasteiger partial charge in [-0.2, -0.15) is 0 Å². The number of carbonyl (C=O) groups excluding carboxylic acids is 1. The van der Waals surface area contributed by atoms with Gasteiger partial charge in [0.05, 0.1) is 11.7 Å². The van der Waals surface area contributed by atoms with Gasteiger partial charge in [0.1, 0.15) is 18.5 Å². The van der Waals surface area contributed by atoms with E-state index >= 15 is 0 Å². The molecule has 4 fully saturated rings.